The van der Waals surface area contributed by atoms with E-state index < -0.39 is 0 Å². The Morgan fingerprint density at radius 3 is 2.76 bits per heavy atom. The number of methoxy groups -OCH3 is 1. The molecule has 1 aromatic carbocycles. The smallest absolute Gasteiger partial charge is 0.0817 e. The zero-order valence-corrected chi connectivity index (χ0v) is 13.3. The summed E-state index contributed by atoms with van der Waals surface area (Å²) in [6.45, 7) is 1.37. The van der Waals surface area contributed by atoms with Crippen molar-refractivity contribution >= 4 is 11.6 Å². The highest BCUT2D eigenvalue weighted by Gasteiger charge is 2.13. The van der Waals surface area contributed by atoms with Crippen molar-refractivity contribution < 1.29 is 4.74 Å². The lowest BCUT2D eigenvalue weighted by molar-refractivity contribution is 0.182. The molecule has 0 saturated heterocycles. The second-order valence-electron chi connectivity index (χ2n) is 4.95. The molecule has 1 N–H and O–H groups in total. The van der Waals surface area contributed by atoms with Gasteiger partial charge in [-0.05, 0) is 25.5 Å². The van der Waals surface area contributed by atoms with Crippen LogP contribution in [-0.4, -0.2) is 30.5 Å². The molecule has 1 atom stereocenters. The zero-order valence-electron chi connectivity index (χ0n) is 12.6. The van der Waals surface area contributed by atoms with Gasteiger partial charge in [0.15, 0.2) is 0 Å². The van der Waals surface area contributed by atoms with E-state index in [1.165, 1.54) is 5.56 Å². The number of halogens is 1. The fourth-order valence-corrected chi connectivity index (χ4v) is 2.69. The molecule has 2 rings (SSSR count). The fraction of sp³-hybridized carbons (Fsp3) is 0.438. The molecule has 0 radical (unpaired) electrons. The van der Waals surface area contributed by atoms with Gasteiger partial charge in [0, 0.05) is 13.2 Å². The van der Waals surface area contributed by atoms with Crippen LogP contribution >= 0.6 is 11.6 Å². The van der Waals surface area contributed by atoms with Gasteiger partial charge in [-0.3, -0.25) is 4.68 Å². The molecule has 1 unspecified atom stereocenters. The topological polar surface area (TPSA) is 39.1 Å². The number of rotatable bonds is 8. The monoisotopic (exact) mass is 307 g/mol. The Labute approximate surface area is 131 Å². The van der Waals surface area contributed by atoms with E-state index >= 15 is 0 Å². The maximum absolute atomic E-state index is 6.25. The van der Waals surface area contributed by atoms with E-state index in [2.05, 4.69) is 34.7 Å². The number of ether oxygens (including phenoxy) is 1. The lowest BCUT2D eigenvalue weighted by Gasteiger charge is -2.17. The summed E-state index contributed by atoms with van der Waals surface area (Å²) in [7, 11) is 3.68. The third-order valence-corrected chi connectivity index (χ3v) is 3.94. The molecule has 0 saturated carbocycles. The minimum absolute atomic E-state index is 0.313. The second kappa shape index (κ2) is 8.17. The van der Waals surface area contributed by atoms with Gasteiger partial charge < -0.3 is 10.1 Å². The summed E-state index contributed by atoms with van der Waals surface area (Å²) in [6.07, 6.45) is 3.56. The number of aromatic nitrogens is 2. The van der Waals surface area contributed by atoms with Crippen molar-refractivity contribution in [1.29, 1.82) is 0 Å². The maximum atomic E-state index is 6.25. The van der Waals surface area contributed by atoms with Crippen molar-refractivity contribution in [2.45, 2.75) is 25.4 Å². The first-order chi connectivity index (χ1) is 10.3. The summed E-state index contributed by atoms with van der Waals surface area (Å²) in [5.41, 5.74) is 2.36. The Bertz CT molecular complexity index is 542. The van der Waals surface area contributed by atoms with Crippen molar-refractivity contribution in [2.75, 3.05) is 20.8 Å². The largest absolute Gasteiger partial charge is 0.383 e. The van der Waals surface area contributed by atoms with E-state index in [4.69, 9.17) is 16.3 Å². The summed E-state index contributed by atoms with van der Waals surface area (Å²) in [5, 5.41) is 8.41. The number of benzene rings is 1. The van der Waals surface area contributed by atoms with Gasteiger partial charge in [0.2, 0.25) is 0 Å². The molecule has 0 aliphatic carbocycles. The van der Waals surface area contributed by atoms with E-state index in [1.54, 1.807) is 13.3 Å². The lowest BCUT2D eigenvalue weighted by Crippen LogP contribution is -2.18. The van der Waals surface area contributed by atoms with E-state index in [9.17, 15) is 0 Å². The summed E-state index contributed by atoms with van der Waals surface area (Å²) in [5.74, 6) is 0. The number of hydrogen-bond donors (Lipinski definition) is 1. The summed E-state index contributed by atoms with van der Waals surface area (Å²) in [6, 6.07) is 10.8. The van der Waals surface area contributed by atoms with Crippen LogP contribution in [0.5, 0.6) is 0 Å². The zero-order chi connectivity index (χ0) is 15.1. The average Bonchev–Trinajstić information content (AvgIpc) is 2.87. The highest BCUT2D eigenvalue weighted by molar-refractivity contribution is 6.31. The molecule has 0 amide bonds. The van der Waals surface area contributed by atoms with Crippen LogP contribution in [-0.2, 0) is 17.7 Å². The fourth-order valence-electron chi connectivity index (χ4n) is 2.45. The number of hydrogen-bond acceptors (Lipinski definition) is 3. The van der Waals surface area contributed by atoms with Crippen LogP contribution in [0.15, 0.2) is 36.5 Å². The van der Waals surface area contributed by atoms with E-state index in [0.29, 0.717) is 12.6 Å². The normalized spacial score (nSPS) is 12.5. The van der Waals surface area contributed by atoms with Gasteiger partial charge in [-0.15, -0.1) is 0 Å². The van der Waals surface area contributed by atoms with E-state index in [1.807, 2.05) is 17.8 Å². The SMILES string of the molecule is CNC(CCc1c(Cl)cnn1CCOC)c1ccccc1. The molecular weight excluding hydrogens is 286 g/mol. The standard InChI is InChI=1S/C16H22ClN3O/c1-18-15(13-6-4-3-5-7-13)8-9-16-14(17)12-19-20(16)10-11-21-2/h3-7,12,15,18H,8-11H2,1-2H3. The van der Waals surface area contributed by atoms with Crippen LogP contribution in [0.3, 0.4) is 0 Å². The van der Waals surface area contributed by atoms with Crippen molar-refractivity contribution in [3.63, 3.8) is 0 Å². The Morgan fingerprint density at radius 2 is 2.10 bits per heavy atom. The van der Waals surface area contributed by atoms with E-state index in [-0.39, 0.29) is 0 Å². The molecule has 21 heavy (non-hydrogen) atoms. The number of nitrogens with one attached hydrogen (secondary N) is 1. The average molecular weight is 308 g/mol. The Kier molecular flexibility index (Phi) is 6.23. The summed E-state index contributed by atoms with van der Waals surface area (Å²) >= 11 is 6.25. The summed E-state index contributed by atoms with van der Waals surface area (Å²) < 4.78 is 7.04. The van der Waals surface area contributed by atoms with Gasteiger partial charge in [0.25, 0.3) is 0 Å². The minimum atomic E-state index is 0.313. The molecule has 1 aromatic heterocycles. The minimum Gasteiger partial charge on any atom is -0.383 e. The van der Waals surface area contributed by atoms with Gasteiger partial charge in [0.1, 0.15) is 0 Å². The highest BCUT2D eigenvalue weighted by atomic mass is 35.5. The third kappa shape index (κ3) is 4.30. The molecule has 0 aliphatic rings. The van der Waals surface area contributed by atoms with Gasteiger partial charge >= 0.3 is 0 Å². The van der Waals surface area contributed by atoms with Crippen LogP contribution < -0.4 is 5.32 Å². The van der Waals surface area contributed by atoms with Crippen LogP contribution in [0.4, 0.5) is 0 Å². The van der Waals surface area contributed by atoms with Crippen LogP contribution in [0, 0.1) is 0 Å². The van der Waals surface area contributed by atoms with Crippen LogP contribution in [0.1, 0.15) is 23.7 Å². The van der Waals surface area contributed by atoms with Crippen molar-refractivity contribution in [3.05, 3.63) is 52.8 Å². The first kappa shape index (κ1) is 16.0. The molecule has 0 aliphatic heterocycles. The predicted octanol–water partition coefficient (Wildman–Crippen LogP) is 3.08. The molecule has 4 nitrogen and oxygen atoms in total. The molecule has 5 heteroatoms. The first-order valence-corrected chi connectivity index (χ1v) is 7.55. The summed E-state index contributed by atoms with van der Waals surface area (Å²) in [4.78, 5) is 0. The molecule has 1 heterocycles. The van der Waals surface area contributed by atoms with Gasteiger partial charge in [-0.1, -0.05) is 41.9 Å². The Hall–Kier alpha value is -1.36. The van der Waals surface area contributed by atoms with Crippen molar-refractivity contribution in [1.82, 2.24) is 15.1 Å². The Balaban J connectivity index is 2.03. The van der Waals surface area contributed by atoms with Crippen LogP contribution in [0.2, 0.25) is 5.02 Å². The van der Waals surface area contributed by atoms with Gasteiger partial charge in [0.05, 0.1) is 30.1 Å². The third-order valence-electron chi connectivity index (χ3n) is 3.63. The highest BCUT2D eigenvalue weighted by Crippen LogP contribution is 2.22. The predicted molar refractivity (Wildman–Crippen MR) is 85.7 cm³/mol. The van der Waals surface area contributed by atoms with Gasteiger partial charge in [-0.25, -0.2) is 0 Å². The Morgan fingerprint density at radius 1 is 1.33 bits per heavy atom. The molecule has 114 valence electrons. The maximum Gasteiger partial charge on any atom is 0.0817 e. The van der Waals surface area contributed by atoms with Crippen molar-refractivity contribution in [3.8, 4) is 0 Å². The van der Waals surface area contributed by atoms with Gasteiger partial charge in [-0.2, -0.15) is 5.10 Å². The molecule has 0 bridgehead atoms. The quantitative estimate of drug-likeness (QED) is 0.814. The second-order valence-corrected chi connectivity index (χ2v) is 5.35. The van der Waals surface area contributed by atoms with Crippen LogP contribution in [0.25, 0.3) is 0 Å². The molecule has 0 spiro atoms. The lowest BCUT2D eigenvalue weighted by atomic mass is 10.0. The molecule has 0 fully saturated rings. The number of nitrogens with zero attached hydrogens (tertiary/aromatic N) is 2. The van der Waals surface area contributed by atoms with Crippen molar-refractivity contribution in [2.24, 2.45) is 0 Å². The molecule has 2 aromatic rings. The first-order valence-electron chi connectivity index (χ1n) is 7.17. The molecular formula is C16H22ClN3O. The van der Waals surface area contributed by atoms with E-state index in [0.717, 1.165) is 30.1 Å².